The van der Waals surface area contributed by atoms with Crippen molar-refractivity contribution in [3.63, 3.8) is 0 Å². The van der Waals surface area contributed by atoms with E-state index in [0.717, 1.165) is 30.2 Å². The highest BCUT2D eigenvalue weighted by Gasteiger charge is 2.21. The SMILES string of the molecule is CCC1CN(c2ncccc2CO)CCS1. The summed E-state index contributed by atoms with van der Waals surface area (Å²) in [4.78, 5) is 6.70. The first kappa shape index (κ1) is 11.7. The molecule has 0 aliphatic carbocycles. The lowest BCUT2D eigenvalue weighted by molar-refractivity contribution is 0.281. The van der Waals surface area contributed by atoms with Gasteiger partial charge in [0.25, 0.3) is 0 Å². The molecule has 2 heterocycles. The summed E-state index contributed by atoms with van der Waals surface area (Å²) >= 11 is 2.04. The van der Waals surface area contributed by atoms with Gasteiger partial charge in [-0.3, -0.25) is 0 Å². The van der Waals surface area contributed by atoms with Crippen molar-refractivity contribution in [2.75, 3.05) is 23.7 Å². The summed E-state index contributed by atoms with van der Waals surface area (Å²) in [6, 6.07) is 3.83. The minimum atomic E-state index is 0.0730. The van der Waals surface area contributed by atoms with Gasteiger partial charge >= 0.3 is 0 Å². The second-order valence-electron chi connectivity index (χ2n) is 3.99. The molecule has 1 aliphatic heterocycles. The molecule has 0 saturated carbocycles. The van der Waals surface area contributed by atoms with Crippen LogP contribution in [0.25, 0.3) is 0 Å². The van der Waals surface area contributed by atoms with Gasteiger partial charge < -0.3 is 10.0 Å². The van der Waals surface area contributed by atoms with Gasteiger partial charge in [0.15, 0.2) is 0 Å². The zero-order valence-corrected chi connectivity index (χ0v) is 10.4. The Morgan fingerprint density at radius 3 is 3.25 bits per heavy atom. The Bertz CT molecular complexity index is 346. The fourth-order valence-electron chi connectivity index (χ4n) is 2.00. The topological polar surface area (TPSA) is 36.4 Å². The minimum absolute atomic E-state index is 0.0730. The average Bonchev–Trinajstić information content (AvgIpc) is 2.38. The predicted octanol–water partition coefficient (Wildman–Crippen LogP) is 1.91. The summed E-state index contributed by atoms with van der Waals surface area (Å²) in [5.74, 6) is 2.11. The van der Waals surface area contributed by atoms with Crippen molar-refractivity contribution in [1.29, 1.82) is 0 Å². The van der Waals surface area contributed by atoms with Crippen LogP contribution in [-0.4, -0.2) is 34.2 Å². The molecular formula is C12H18N2OS. The molecule has 3 nitrogen and oxygen atoms in total. The molecule has 1 unspecified atom stereocenters. The molecule has 1 aliphatic rings. The van der Waals surface area contributed by atoms with Crippen LogP contribution < -0.4 is 4.90 Å². The van der Waals surface area contributed by atoms with Gasteiger partial charge in [0.2, 0.25) is 0 Å². The van der Waals surface area contributed by atoms with E-state index in [4.69, 9.17) is 0 Å². The molecule has 1 saturated heterocycles. The van der Waals surface area contributed by atoms with Gasteiger partial charge in [0.05, 0.1) is 6.61 Å². The van der Waals surface area contributed by atoms with Crippen LogP contribution >= 0.6 is 11.8 Å². The van der Waals surface area contributed by atoms with E-state index >= 15 is 0 Å². The van der Waals surface area contributed by atoms with E-state index < -0.39 is 0 Å². The Morgan fingerprint density at radius 1 is 1.62 bits per heavy atom. The maximum atomic E-state index is 9.30. The second-order valence-corrected chi connectivity index (χ2v) is 5.40. The van der Waals surface area contributed by atoms with Gasteiger partial charge in [-0.25, -0.2) is 4.98 Å². The molecule has 0 radical (unpaired) electrons. The van der Waals surface area contributed by atoms with E-state index in [-0.39, 0.29) is 6.61 Å². The van der Waals surface area contributed by atoms with E-state index in [1.54, 1.807) is 6.20 Å². The monoisotopic (exact) mass is 238 g/mol. The zero-order valence-electron chi connectivity index (χ0n) is 9.59. The average molecular weight is 238 g/mol. The summed E-state index contributed by atoms with van der Waals surface area (Å²) < 4.78 is 0. The minimum Gasteiger partial charge on any atom is -0.392 e. The first-order valence-corrected chi connectivity index (χ1v) is 6.81. The Hall–Kier alpha value is -0.740. The molecule has 1 aromatic rings. The molecule has 0 amide bonds. The number of pyridine rings is 1. The fraction of sp³-hybridized carbons (Fsp3) is 0.583. The Labute approximate surface area is 101 Å². The Kier molecular flexibility index (Phi) is 4.07. The van der Waals surface area contributed by atoms with Crippen LogP contribution in [0, 0.1) is 0 Å². The number of aliphatic hydroxyl groups is 1. The summed E-state index contributed by atoms with van der Waals surface area (Å²) in [6.07, 6.45) is 3.00. The van der Waals surface area contributed by atoms with Crippen molar-refractivity contribution in [3.05, 3.63) is 23.9 Å². The molecule has 1 fully saturated rings. The summed E-state index contributed by atoms with van der Waals surface area (Å²) in [5.41, 5.74) is 0.934. The maximum absolute atomic E-state index is 9.30. The molecule has 0 spiro atoms. The number of rotatable bonds is 3. The van der Waals surface area contributed by atoms with Crippen LogP contribution in [0.4, 0.5) is 5.82 Å². The van der Waals surface area contributed by atoms with E-state index in [1.807, 2.05) is 23.9 Å². The molecular weight excluding hydrogens is 220 g/mol. The molecule has 2 rings (SSSR count). The Morgan fingerprint density at radius 2 is 2.50 bits per heavy atom. The van der Waals surface area contributed by atoms with Crippen LogP contribution in [0.2, 0.25) is 0 Å². The van der Waals surface area contributed by atoms with Crippen LogP contribution in [0.5, 0.6) is 0 Å². The van der Waals surface area contributed by atoms with Crippen molar-refractivity contribution in [2.24, 2.45) is 0 Å². The molecule has 0 bridgehead atoms. The van der Waals surface area contributed by atoms with Gasteiger partial charge in [-0.05, 0) is 12.5 Å². The van der Waals surface area contributed by atoms with Crippen LogP contribution in [0.15, 0.2) is 18.3 Å². The summed E-state index contributed by atoms with van der Waals surface area (Å²) in [7, 11) is 0. The number of thioether (sulfide) groups is 1. The van der Waals surface area contributed by atoms with Crippen LogP contribution in [0.3, 0.4) is 0 Å². The van der Waals surface area contributed by atoms with Crippen molar-refractivity contribution in [2.45, 2.75) is 25.2 Å². The largest absolute Gasteiger partial charge is 0.392 e. The van der Waals surface area contributed by atoms with E-state index in [0.29, 0.717) is 5.25 Å². The first-order valence-electron chi connectivity index (χ1n) is 5.76. The molecule has 1 atom stereocenters. The van der Waals surface area contributed by atoms with Gasteiger partial charge in [-0.2, -0.15) is 11.8 Å². The molecule has 88 valence electrons. The lowest BCUT2D eigenvalue weighted by atomic mass is 10.2. The zero-order chi connectivity index (χ0) is 11.4. The number of nitrogens with zero attached hydrogens (tertiary/aromatic N) is 2. The van der Waals surface area contributed by atoms with Crippen molar-refractivity contribution >= 4 is 17.6 Å². The Balaban J connectivity index is 2.16. The normalized spacial score (nSPS) is 21.1. The highest BCUT2D eigenvalue weighted by molar-refractivity contribution is 8.00. The number of hydrogen-bond donors (Lipinski definition) is 1. The van der Waals surface area contributed by atoms with Gasteiger partial charge in [-0.1, -0.05) is 13.0 Å². The number of hydrogen-bond acceptors (Lipinski definition) is 4. The van der Waals surface area contributed by atoms with Crippen molar-refractivity contribution in [1.82, 2.24) is 4.98 Å². The third-order valence-electron chi connectivity index (χ3n) is 2.93. The second kappa shape index (κ2) is 5.55. The van der Waals surface area contributed by atoms with E-state index in [1.165, 1.54) is 6.42 Å². The molecule has 4 heteroatoms. The highest BCUT2D eigenvalue weighted by atomic mass is 32.2. The van der Waals surface area contributed by atoms with Crippen molar-refractivity contribution < 1.29 is 5.11 Å². The third-order valence-corrected chi connectivity index (χ3v) is 4.30. The highest BCUT2D eigenvalue weighted by Crippen LogP contribution is 2.26. The summed E-state index contributed by atoms with van der Waals surface area (Å²) in [6.45, 7) is 4.38. The van der Waals surface area contributed by atoms with Gasteiger partial charge in [0, 0.05) is 35.9 Å². The fourth-order valence-corrected chi connectivity index (χ4v) is 3.18. The molecule has 1 aromatic heterocycles. The molecule has 0 aromatic carbocycles. The van der Waals surface area contributed by atoms with Gasteiger partial charge in [0.1, 0.15) is 5.82 Å². The smallest absolute Gasteiger partial charge is 0.134 e. The maximum Gasteiger partial charge on any atom is 0.134 e. The summed E-state index contributed by atoms with van der Waals surface area (Å²) in [5, 5.41) is 10.00. The lowest BCUT2D eigenvalue weighted by Gasteiger charge is -2.33. The van der Waals surface area contributed by atoms with Crippen LogP contribution in [-0.2, 0) is 6.61 Å². The molecule has 1 N–H and O–H groups in total. The van der Waals surface area contributed by atoms with E-state index in [2.05, 4.69) is 16.8 Å². The lowest BCUT2D eigenvalue weighted by Crippen LogP contribution is -2.38. The standard InChI is InChI=1S/C12H18N2OS/c1-2-11-8-14(6-7-16-11)12-10(9-15)4-3-5-13-12/h3-5,11,15H,2,6-9H2,1H3. The third kappa shape index (κ3) is 2.50. The number of aliphatic hydroxyl groups excluding tert-OH is 1. The van der Waals surface area contributed by atoms with E-state index in [9.17, 15) is 5.11 Å². The van der Waals surface area contributed by atoms with Gasteiger partial charge in [-0.15, -0.1) is 0 Å². The quantitative estimate of drug-likeness (QED) is 0.872. The van der Waals surface area contributed by atoms with Crippen molar-refractivity contribution in [3.8, 4) is 0 Å². The van der Waals surface area contributed by atoms with Crippen LogP contribution in [0.1, 0.15) is 18.9 Å². The number of aromatic nitrogens is 1. The first-order chi connectivity index (χ1) is 7.85. The molecule has 16 heavy (non-hydrogen) atoms. The predicted molar refractivity (Wildman–Crippen MR) is 68.9 cm³/mol. The number of anilines is 1.